The molecule has 3 heterocycles. The highest BCUT2D eigenvalue weighted by Crippen LogP contribution is 2.19. The van der Waals surface area contributed by atoms with Gasteiger partial charge in [0.05, 0.1) is 11.6 Å². The molecule has 0 atom stereocenters. The number of hydrogen-bond donors (Lipinski definition) is 1. The molecule has 0 bridgehead atoms. The number of aromatic nitrogens is 3. The lowest BCUT2D eigenvalue weighted by molar-refractivity contribution is 0.372. The molecule has 10 heteroatoms. The summed E-state index contributed by atoms with van der Waals surface area (Å²) in [6.07, 6.45) is 2.82. The number of nitrogens with zero attached hydrogens (tertiary/aromatic N) is 6. The Hall–Kier alpha value is -1.01. The van der Waals surface area contributed by atoms with E-state index in [1.54, 1.807) is 11.3 Å². The predicted molar refractivity (Wildman–Crippen MR) is 120 cm³/mol. The Balaban J connectivity index is 0.00000243. The van der Waals surface area contributed by atoms with Crippen LogP contribution in [0.2, 0.25) is 0 Å². The standard InChI is InChI=1S/C16H25N7S2.HI/c1-4-14-20-16(25-21-14)23-8-6-22(7-9-23)15(17-5-2)19-11-13-10-18-12(3)24-13;/h10H,4-9,11H2,1-3H3,(H,17,19);1H. The van der Waals surface area contributed by atoms with Crippen molar-refractivity contribution in [3.8, 4) is 0 Å². The molecule has 7 nitrogen and oxygen atoms in total. The molecule has 26 heavy (non-hydrogen) atoms. The first kappa shape index (κ1) is 21.3. The first-order chi connectivity index (χ1) is 12.2. The van der Waals surface area contributed by atoms with Crippen molar-refractivity contribution in [1.29, 1.82) is 0 Å². The van der Waals surface area contributed by atoms with Gasteiger partial charge in [0, 0.05) is 61.8 Å². The molecule has 3 rings (SSSR count). The Labute approximate surface area is 180 Å². The van der Waals surface area contributed by atoms with Gasteiger partial charge in [0.25, 0.3) is 0 Å². The Bertz CT molecular complexity index is 707. The lowest BCUT2D eigenvalue weighted by Gasteiger charge is -2.36. The number of rotatable bonds is 5. The van der Waals surface area contributed by atoms with Crippen LogP contribution in [0.25, 0.3) is 0 Å². The van der Waals surface area contributed by atoms with Crippen LogP contribution in [0.4, 0.5) is 5.13 Å². The van der Waals surface area contributed by atoms with E-state index in [4.69, 9.17) is 4.99 Å². The second-order valence-electron chi connectivity index (χ2n) is 5.84. The second kappa shape index (κ2) is 10.4. The van der Waals surface area contributed by atoms with E-state index in [0.717, 1.165) is 61.1 Å². The Morgan fingerprint density at radius 2 is 2.04 bits per heavy atom. The Kier molecular flexibility index (Phi) is 8.48. The number of anilines is 1. The normalized spacial score (nSPS) is 15.1. The molecule has 1 aliphatic rings. The molecule has 0 spiro atoms. The average molecular weight is 507 g/mol. The number of halogens is 1. The van der Waals surface area contributed by atoms with Crippen molar-refractivity contribution < 1.29 is 0 Å². The molecule has 1 aliphatic heterocycles. The molecule has 0 saturated carbocycles. The van der Waals surface area contributed by atoms with Crippen molar-refractivity contribution in [2.75, 3.05) is 37.6 Å². The van der Waals surface area contributed by atoms with Crippen molar-refractivity contribution in [1.82, 2.24) is 24.6 Å². The number of thiazole rings is 1. The predicted octanol–water partition coefficient (Wildman–Crippen LogP) is 2.77. The monoisotopic (exact) mass is 507 g/mol. The maximum atomic E-state index is 4.79. The van der Waals surface area contributed by atoms with E-state index >= 15 is 0 Å². The number of hydrogen-bond acceptors (Lipinski definition) is 7. The molecule has 2 aromatic heterocycles. The number of aliphatic imine (C=N–C) groups is 1. The van der Waals surface area contributed by atoms with Crippen LogP contribution in [0.5, 0.6) is 0 Å². The summed E-state index contributed by atoms with van der Waals surface area (Å²) in [5.41, 5.74) is 0. The van der Waals surface area contributed by atoms with Gasteiger partial charge in [0.15, 0.2) is 5.96 Å². The van der Waals surface area contributed by atoms with Crippen LogP contribution in [-0.2, 0) is 13.0 Å². The lowest BCUT2D eigenvalue weighted by Crippen LogP contribution is -2.52. The van der Waals surface area contributed by atoms with E-state index in [1.807, 2.05) is 13.1 Å². The van der Waals surface area contributed by atoms with Crippen molar-refractivity contribution in [3.05, 3.63) is 21.9 Å². The van der Waals surface area contributed by atoms with Gasteiger partial charge in [0.2, 0.25) is 5.13 Å². The molecule has 0 aliphatic carbocycles. The Morgan fingerprint density at radius 3 is 2.62 bits per heavy atom. The van der Waals surface area contributed by atoms with Crippen LogP contribution in [0, 0.1) is 6.92 Å². The van der Waals surface area contributed by atoms with E-state index in [0.29, 0.717) is 6.54 Å². The van der Waals surface area contributed by atoms with Gasteiger partial charge in [0.1, 0.15) is 5.82 Å². The number of aryl methyl sites for hydroxylation is 2. The first-order valence-corrected chi connectivity index (χ1v) is 10.3. The van der Waals surface area contributed by atoms with Crippen molar-refractivity contribution in [3.63, 3.8) is 0 Å². The van der Waals surface area contributed by atoms with Crippen molar-refractivity contribution >= 4 is 57.9 Å². The summed E-state index contributed by atoms with van der Waals surface area (Å²) in [6, 6.07) is 0. The van der Waals surface area contributed by atoms with Gasteiger partial charge in [-0.1, -0.05) is 6.92 Å². The lowest BCUT2D eigenvalue weighted by atomic mass is 10.3. The third kappa shape index (κ3) is 5.49. The summed E-state index contributed by atoms with van der Waals surface area (Å²) in [7, 11) is 0. The summed E-state index contributed by atoms with van der Waals surface area (Å²) >= 11 is 3.22. The number of piperazine rings is 1. The van der Waals surface area contributed by atoms with Gasteiger partial charge in [-0.3, -0.25) is 0 Å². The van der Waals surface area contributed by atoms with Gasteiger partial charge in [-0.2, -0.15) is 4.37 Å². The summed E-state index contributed by atoms with van der Waals surface area (Å²) in [5.74, 6) is 1.93. The molecule has 0 radical (unpaired) electrons. The Morgan fingerprint density at radius 1 is 1.27 bits per heavy atom. The van der Waals surface area contributed by atoms with E-state index in [-0.39, 0.29) is 24.0 Å². The summed E-state index contributed by atoms with van der Waals surface area (Å²) in [4.78, 5) is 19.5. The SMILES string of the molecule is CCNC(=NCc1cnc(C)s1)N1CCN(c2nc(CC)ns2)CC1.I. The fourth-order valence-corrected chi connectivity index (χ4v) is 4.20. The molecule has 0 unspecified atom stereocenters. The molecule has 144 valence electrons. The van der Waals surface area contributed by atoms with Crippen LogP contribution in [-0.4, -0.2) is 57.9 Å². The van der Waals surface area contributed by atoms with Gasteiger partial charge < -0.3 is 15.1 Å². The first-order valence-electron chi connectivity index (χ1n) is 8.71. The van der Waals surface area contributed by atoms with E-state index in [2.05, 4.69) is 43.3 Å². The molecule has 0 aromatic carbocycles. The molecule has 1 N–H and O–H groups in total. The average Bonchev–Trinajstić information content (AvgIpc) is 3.27. The minimum Gasteiger partial charge on any atom is -0.357 e. The maximum Gasteiger partial charge on any atom is 0.205 e. The quantitative estimate of drug-likeness (QED) is 0.382. The van der Waals surface area contributed by atoms with E-state index in [9.17, 15) is 0 Å². The van der Waals surface area contributed by atoms with Gasteiger partial charge in [-0.25, -0.2) is 15.0 Å². The fourth-order valence-electron chi connectivity index (χ4n) is 2.68. The van der Waals surface area contributed by atoms with E-state index in [1.165, 1.54) is 16.4 Å². The molecular weight excluding hydrogens is 481 g/mol. The van der Waals surface area contributed by atoms with Crippen LogP contribution >= 0.6 is 46.8 Å². The zero-order valence-corrected chi connectivity index (χ0v) is 19.4. The second-order valence-corrected chi connectivity index (χ2v) is 7.89. The van der Waals surface area contributed by atoms with Crippen LogP contribution in [0.15, 0.2) is 11.2 Å². The highest BCUT2D eigenvalue weighted by molar-refractivity contribution is 14.0. The van der Waals surface area contributed by atoms with Crippen LogP contribution in [0.1, 0.15) is 29.6 Å². The third-order valence-corrected chi connectivity index (χ3v) is 5.72. The molecular formula is C16H26IN7S2. The summed E-state index contributed by atoms with van der Waals surface area (Å²) in [5, 5.41) is 5.54. The smallest absolute Gasteiger partial charge is 0.205 e. The number of nitrogens with one attached hydrogen (secondary N) is 1. The number of guanidine groups is 1. The zero-order valence-electron chi connectivity index (χ0n) is 15.4. The van der Waals surface area contributed by atoms with Gasteiger partial charge >= 0.3 is 0 Å². The van der Waals surface area contributed by atoms with Gasteiger partial charge in [-0.05, 0) is 13.8 Å². The molecule has 1 fully saturated rings. The van der Waals surface area contributed by atoms with Crippen LogP contribution in [0.3, 0.4) is 0 Å². The molecule has 2 aromatic rings. The minimum atomic E-state index is 0. The van der Waals surface area contributed by atoms with Gasteiger partial charge in [-0.15, -0.1) is 35.3 Å². The fraction of sp³-hybridized carbons (Fsp3) is 0.625. The summed E-state index contributed by atoms with van der Waals surface area (Å²) < 4.78 is 4.39. The van der Waals surface area contributed by atoms with Crippen molar-refractivity contribution in [2.24, 2.45) is 4.99 Å². The zero-order chi connectivity index (χ0) is 17.6. The summed E-state index contributed by atoms with van der Waals surface area (Å²) in [6.45, 7) is 11.6. The maximum absolute atomic E-state index is 4.79. The largest absolute Gasteiger partial charge is 0.357 e. The topological polar surface area (TPSA) is 69.5 Å². The highest BCUT2D eigenvalue weighted by Gasteiger charge is 2.22. The van der Waals surface area contributed by atoms with Crippen LogP contribution < -0.4 is 10.2 Å². The highest BCUT2D eigenvalue weighted by atomic mass is 127. The van der Waals surface area contributed by atoms with Crippen molar-refractivity contribution in [2.45, 2.75) is 33.7 Å². The van der Waals surface area contributed by atoms with E-state index < -0.39 is 0 Å². The third-order valence-electron chi connectivity index (χ3n) is 4.01. The molecule has 1 saturated heterocycles. The minimum absolute atomic E-state index is 0. The molecule has 0 amide bonds.